The molecule has 88 heavy (non-hydrogen) atoms. The molecule has 5 heterocycles. The summed E-state index contributed by atoms with van der Waals surface area (Å²) in [6.45, 7) is 57.7. The van der Waals surface area contributed by atoms with Crippen LogP contribution in [0.25, 0.3) is 68.6 Å². The summed E-state index contributed by atoms with van der Waals surface area (Å²) in [5.74, 6) is 10.9. The number of hydrogen-bond acceptors (Lipinski definition) is 6. The van der Waals surface area contributed by atoms with E-state index in [1.165, 1.54) is 0 Å². The highest BCUT2D eigenvalue weighted by Gasteiger charge is 2.43. The molecule has 5 aromatic rings. The van der Waals surface area contributed by atoms with E-state index in [-0.39, 0.29) is 21.7 Å². The molecule has 8 bridgehead atoms. The molecular weight excluding hydrogens is 1110 g/mol. The van der Waals surface area contributed by atoms with E-state index in [1.807, 2.05) is 0 Å². The molecular formula is C78H110N4O4Si2. The van der Waals surface area contributed by atoms with E-state index >= 15 is 0 Å². The molecule has 2 aliphatic rings. The molecule has 8 nitrogen and oxygen atoms in total. The number of hydrogen-bond donors (Lipinski definition) is 2. The molecule has 0 spiro atoms. The Labute approximate surface area is 534 Å². The van der Waals surface area contributed by atoms with Crippen LogP contribution in [0.2, 0.25) is 33.2 Å². The summed E-state index contributed by atoms with van der Waals surface area (Å²) in [6.07, 6.45) is 12.1. The third-order valence-corrected chi connectivity index (χ3v) is 30.8. The van der Waals surface area contributed by atoms with Crippen LogP contribution in [0.3, 0.4) is 0 Å². The second kappa shape index (κ2) is 27.9. The fourth-order valence-electron chi connectivity index (χ4n) is 13.1. The van der Waals surface area contributed by atoms with Crippen molar-refractivity contribution in [2.75, 3.05) is 26.4 Å². The van der Waals surface area contributed by atoms with Gasteiger partial charge in [0, 0.05) is 22.2 Å². The van der Waals surface area contributed by atoms with E-state index in [2.05, 4.69) is 284 Å². The maximum atomic E-state index is 6.97. The maximum Gasteiger partial charge on any atom is 0.146 e. The predicted octanol–water partition coefficient (Wildman–Crippen LogP) is 22.4. The van der Waals surface area contributed by atoms with Crippen LogP contribution >= 0.6 is 0 Å². The molecule has 0 aliphatic carbocycles. The molecule has 0 fully saturated rings. The van der Waals surface area contributed by atoms with Gasteiger partial charge in [0.15, 0.2) is 0 Å². The highest BCUT2D eigenvalue weighted by atomic mass is 28.3. The zero-order valence-electron chi connectivity index (χ0n) is 58.7. The fraction of sp³-hybridized carbons (Fsp3) is 0.538. The first kappa shape index (κ1) is 69.3. The van der Waals surface area contributed by atoms with Crippen molar-refractivity contribution in [1.29, 1.82) is 0 Å². The van der Waals surface area contributed by atoms with Gasteiger partial charge >= 0.3 is 0 Å². The number of benzene rings is 2. The Kier molecular flexibility index (Phi) is 22.0. The number of aromatic nitrogens is 4. The quantitative estimate of drug-likeness (QED) is 0.0583. The zero-order valence-corrected chi connectivity index (χ0v) is 60.7. The summed E-state index contributed by atoms with van der Waals surface area (Å²) in [5, 5.41) is 0. The smallest absolute Gasteiger partial charge is 0.146 e. The Hall–Kier alpha value is -6.21. The number of H-pyrrole nitrogens is 2. The molecule has 0 atom stereocenters. The van der Waals surface area contributed by atoms with Gasteiger partial charge in [-0.2, -0.15) is 0 Å². The standard InChI is InChI=1S/C78H110N4O4Si2/c1-51(2)87(52(3)4,53(5)6)49-39-57-59-31-35-63(79-59)71(73-67(83-45-41-75(13,14)15)27-25-28-68(73)84-46-42-76(16,17)18)65-37-33-61(81-65)58(40-50-88(54(7)8,55(9)10)56(11)12)62-34-38-66(82-62)72(64-36-32-60(57)80-64)74-69(85-47-43-77(19,20)21)29-26-30-70(74)86-48-44-78(22,23)24/h25-38,51-56,79,82H,41-48H2,1-24H3. The lowest BCUT2D eigenvalue weighted by Crippen LogP contribution is -2.43. The molecule has 7 rings (SSSR count). The van der Waals surface area contributed by atoms with Gasteiger partial charge in [0.05, 0.1) is 82.5 Å². The summed E-state index contributed by atoms with van der Waals surface area (Å²) >= 11 is 0. The zero-order chi connectivity index (χ0) is 64.9. The van der Waals surface area contributed by atoms with Crippen LogP contribution in [0.15, 0.2) is 60.7 Å². The number of nitrogens with zero attached hydrogens (tertiary/aromatic N) is 2. The summed E-state index contributed by atoms with van der Waals surface area (Å²) in [5.41, 5.74) is 22.6. The second-order valence-corrected chi connectivity index (χ2v) is 42.9. The number of nitrogens with one attached hydrogen (secondary N) is 2. The van der Waals surface area contributed by atoms with Crippen molar-refractivity contribution in [2.45, 2.75) is 225 Å². The summed E-state index contributed by atoms with van der Waals surface area (Å²) in [4.78, 5) is 19.6. The number of fused-ring (bicyclic) bond motifs is 8. The van der Waals surface area contributed by atoms with Gasteiger partial charge in [-0.25, -0.2) is 9.97 Å². The number of ether oxygens (including phenoxy) is 4. The second-order valence-electron chi connectivity index (χ2n) is 31.7. The first-order valence-electron chi connectivity index (χ1n) is 33.1. The molecule has 0 saturated carbocycles. The van der Waals surface area contributed by atoms with Gasteiger partial charge in [0.1, 0.15) is 39.1 Å². The first-order valence-corrected chi connectivity index (χ1v) is 37.5. The van der Waals surface area contributed by atoms with Crippen molar-refractivity contribution >= 4 is 62.5 Å². The van der Waals surface area contributed by atoms with E-state index < -0.39 is 16.1 Å². The van der Waals surface area contributed by atoms with Crippen molar-refractivity contribution < 1.29 is 18.9 Å². The monoisotopic (exact) mass is 1220 g/mol. The van der Waals surface area contributed by atoms with E-state index in [4.69, 9.17) is 28.9 Å². The predicted molar refractivity (Wildman–Crippen MR) is 384 cm³/mol. The van der Waals surface area contributed by atoms with Gasteiger partial charge in [0.25, 0.3) is 0 Å². The van der Waals surface area contributed by atoms with Gasteiger partial charge in [-0.15, -0.1) is 11.1 Å². The van der Waals surface area contributed by atoms with Gasteiger partial charge < -0.3 is 28.9 Å². The molecule has 0 radical (unpaired) electrons. The van der Waals surface area contributed by atoms with Crippen molar-refractivity contribution in [3.63, 3.8) is 0 Å². The largest absolute Gasteiger partial charge is 0.493 e. The topological polar surface area (TPSA) is 94.3 Å². The highest BCUT2D eigenvalue weighted by Crippen LogP contribution is 2.48. The van der Waals surface area contributed by atoms with Crippen LogP contribution in [-0.2, 0) is 0 Å². The van der Waals surface area contributed by atoms with Gasteiger partial charge in [-0.3, -0.25) is 0 Å². The Morgan fingerprint density at radius 1 is 0.352 bits per heavy atom. The van der Waals surface area contributed by atoms with Crippen molar-refractivity contribution in [2.24, 2.45) is 21.7 Å². The number of aromatic amines is 2. The van der Waals surface area contributed by atoms with E-state index in [9.17, 15) is 0 Å². The summed E-state index contributed by atoms with van der Waals surface area (Å²) in [7, 11) is -4.57. The molecule has 474 valence electrons. The lowest BCUT2D eigenvalue weighted by molar-refractivity contribution is 0.235. The molecule has 0 saturated heterocycles. The maximum absolute atomic E-state index is 6.97. The van der Waals surface area contributed by atoms with Gasteiger partial charge in [-0.05, 0) is 153 Å². The van der Waals surface area contributed by atoms with Gasteiger partial charge in [-0.1, -0.05) is 190 Å². The van der Waals surface area contributed by atoms with Crippen LogP contribution < -0.4 is 18.9 Å². The number of rotatable bonds is 20. The van der Waals surface area contributed by atoms with Gasteiger partial charge in [0.2, 0.25) is 0 Å². The van der Waals surface area contributed by atoms with E-state index in [0.717, 1.165) is 127 Å². The molecule has 3 aromatic heterocycles. The summed E-state index contributed by atoms with van der Waals surface area (Å²) in [6, 6.07) is 21.2. The molecule has 2 N–H and O–H groups in total. The Bertz CT molecular complexity index is 3270. The SMILES string of the molecule is CC(C)[Si](C#Cc1c2nc(c(-c3c(OCCC(C)(C)C)cccc3OCCC(C)(C)C)c3ccc([nH]3)c(C#C[Si](C(C)C)(C(C)C)C(C)C)c3nc(c(-c4c(OCCC(C)(C)C)cccc4OCCC(C)(C)C)c4ccc1[nH]4)C=C3)C=C2)(C(C)C)C(C)C. The molecule has 2 aromatic carbocycles. The minimum atomic E-state index is -2.29. The molecule has 10 heteroatoms. The Morgan fingerprint density at radius 2 is 0.602 bits per heavy atom. The highest BCUT2D eigenvalue weighted by molar-refractivity contribution is 6.91. The lowest BCUT2D eigenvalue weighted by atomic mass is 9.93. The molecule has 2 aliphatic heterocycles. The molecule has 0 unspecified atom stereocenters. The Morgan fingerprint density at radius 3 is 0.852 bits per heavy atom. The van der Waals surface area contributed by atoms with Crippen LogP contribution in [0, 0.1) is 44.6 Å². The first-order chi connectivity index (χ1) is 41.1. The Balaban J connectivity index is 1.76. The minimum absolute atomic E-state index is 0.0613. The van der Waals surface area contributed by atoms with Crippen LogP contribution in [0.5, 0.6) is 23.0 Å². The van der Waals surface area contributed by atoms with Crippen LogP contribution in [0.4, 0.5) is 0 Å². The van der Waals surface area contributed by atoms with Crippen molar-refractivity contribution in [1.82, 2.24) is 19.9 Å². The van der Waals surface area contributed by atoms with Crippen molar-refractivity contribution in [3.05, 3.63) is 94.6 Å². The van der Waals surface area contributed by atoms with E-state index in [0.29, 0.717) is 59.7 Å². The third-order valence-electron chi connectivity index (χ3n) is 18.2. The minimum Gasteiger partial charge on any atom is -0.493 e. The fourth-order valence-corrected chi connectivity index (χ4v) is 23.5. The van der Waals surface area contributed by atoms with Crippen molar-refractivity contribution in [3.8, 4) is 68.2 Å². The van der Waals surface area contributed by atoms with Crippen LogP contribution in [0.1, 0.15) is 226 Å². The average molecular weight is 1220 g/mol. The average Bonchev–Trinajstić information content (AvgIpc) is 2.53. The third kappa shape index (κ3) is 16.4. The molecule has 0 amide bonds. The van der Waals surface area contributed by atoms with E-state index in [1.54, 1.807) is 0 Å². The van der Waals surface area contributed by atoms with Crippen LogP contribution in [-0.4, -0.2) is 62.5 Å². The summed E-state index contributed by atoms with van der Waals surface area (Å²) < 4.78 is 27.9. The normalized spacial score (nSPS) is 13.2. The lowest BCUT2D eigenvalue weighted by Gasteiger charge is -2.38.